The number of ether oxygens (including phenoxy) is 1. The molecule has 1 heterocycles. The lowest BCUT2D eigenvalue weighted by atomic mass is 10.2. The summed E-state index contributed by atoms with van der Waals surface area (Å²) >= 11 is 0. The Balaban J connectivity index is 1.89. The third kappa shape index (κ3) is 3.31. The molecule has 0 amide bonds. The molecule has 0 fully saturated rings. The van der Waals surface area contributed by atoms with E-state index in [1.54, 1.807) is 24.3 Å². The van der Waals surface area contributed by atoms with E-state index in [9.17, 15) is 0 Å². The Morgan fingerprint density at radius 3 is 2.53 bits per heavy atom. The molecular formula is C13H17N5O. The molecule has 100 valence electrons. The molecule has 0 spiro atoms. The smallest absolute Gasteiger partial charge is 0.147 e. The normalized spacial score (nSPS) is 10.4. The number of rotatable bonds is 5. The molecule has 2 rings (SSSR count). The first-order valence-electron chi connectivity index (χ1n) is 6.01. The van der Waals surface area contributed by atoms with Crippen molar-refractivity contribution in [2.24, 2.45) is 5.73 Å². The molecule has 3 N–H and O–H groups in total. The maximum Gasteiger partial charge on any atom is 0.147 e. The van der Waals surface area contributed by atoms with Gasteiger partial charge >= 0.3 is 0 Å². The molecule has 1 aromatic carbocycles. The minimum atomic E-state index is 0.0558. The van der Waals surface area contributed by atoms with Gasteiger partial charge in [0.1, 0.15) is 29.8 Å². The van der Waals surface area contributed by atoms with Crippen LogP contribution in [0.5, 0.6) is 5.75 Å². The van der Waals surface area contributed by atoms with E-state index in [1.165, 1.54) is 0 Å². The van der Waals surface area contributed by atoms with Gasteiger partial charge in [-0.3, -0.25) is 5.41 Å². The van der Waals surface area contributed by atoms with Gasteiger partial charge in [-0.1, -0.05) is 0 Å². The number of benzene rings is 1. The lowest BCUT2D eigenvalue weighted by molar-refractivity contribution is 0.289. The number of nitrogen functional groups attached to an aromatic ring is 1. The van der Waals surface area contributed by atoms with Crippen LogP contribution < -0.4 is 10.5 Å². The maximum atomic E-state index is 7.30. The van der Waals surface area contributed by atoms with Crippen LogP contribution >= 0.6 is 0 Å². The van der Waals surface area contributed by atoms with Crippen molar-refractivity contribution in [3.05, 3.63) is 41.5 Å². The van der Waals surface area contributed by atoms with Crippen LogP contribution in [0.15, 0.2) is 24.3 Å². The minimum absolute atomic E-state index is 0.0558. The number of aryl methyl sites for hydroxylation is 2. The van der Waals surface area contributed by atoms with Crippen molar-refractivity contribution < 1.29 is 4.74 Å². The molecule has 0 atom stereocenters. The highest BCUT2D eigenvalue weighted by molar-refractivity contribution is 5.94. The zero-order valence-corrected chi connectivity index (χ0v) is 11.1. The second kappa shape index (κ2) is 5.51. The van der Waals surface area contributed by atoms with Gasteiger partial charge in [-0.05, 0) is 38.1 Å². The van der Waals surface area contributed by atoms with E-state index in [4.69, 9.17) is 15.9 Å². The van der Waals surface area contributed by atoms with Gasteiger partial charge in [0.25, 0.3) is 0 Å². The highest BCUT2D eigenvalue weighted by Crippen LogP contribution is 2.11. The fourth-order valence-corrected chi connectivity index (χ4v) is 1.75. The Bertz CT molecular complexity index is 573. The van der Waals surface area contributed by atoms with E-state index >= 15 is 0 Å². The quantitative estimate of drug-likeness (QED) is 0.624. The number of nitrogens with zero attached hydrogens (tertiary/aromatic N) is 3. The number of hydrogen-bond donors (Lipinski definition) is 2. The summed E-state index contributed by atoms with van der Waals surface area (Å²) in [4.78, 5) is 4.23. The average Bonchev–Trinajstić information content (AvgIpc) is 2.68. The standard InChI is InChI=1S/C13H17N5O/c1-9-16-10(2)18(17-9)7-8-19-12-5-3-11(4-6-12)13(14)15/h3-6H,7-8H2,1-2H3,(H3,14,15). The van der Waals surface area contributed by atoms with Gasteiger partial charge in [0.05, 0.1) is 6.54 Å². The van der Waals surface area contributed by atoms with Crippen LogP contribution in [0.4, 0.5) is 0 Å². The Hall–Kier alpha value is -2.37. The van der Waals surface area contributed by atoms with Gasteiger partial charge in [-0.15, -0.1) is 0 Å². The van der Waals surface area contributed by atoms with Crippen LogP contribution in [-0.4, -0.2) is 27.2 Å². The van der Waals surface area contributed by atoms with Crippen molar-refractivity contribution in [3.63, 3.8) is 0 Å². The summed E-state index contributed by atoms with van der Waals surface area (Å²) in [6.45, 7) is 4.96. The predicted molar refractivity (Wildman–Crippen MR) is 72.4 cm³/mol. The molecule has 0 radical (unpaired) electrons. The maximum absolute atomic E-state index is 7.30. The lowest BCUT2D eigenvalue weighted by Gasteiger charge is -2.07. The van der Waals surface area contributed by atoms with Gasteiger partial charge in [0, 0.05) is 5.56 Å². The largest absolute Gasteiger partial charge is 0.492 e. The molecule has 6 heteroatoms. The van der Waals surface area contributed by atoms with Crippen LogP contribution in [0.3, 0.4) is 0 Å². The predicted octanol–water partition coefficient (Wildman–Crippen LogP) is 1.26. The van der Waals surface area contributed by atoms with E-state index < -0.39 is 0 Å². The van der Waals surface area contributed by atoms with E-state index in [1.807, 2.05) is 18.5 Å². The summed E-state index contributed by atoms with van der Waals surface area (Å²) in [5.74, 6) is 2.45. The van der Waals surface area contributed by atoms with Gasteiger partial charge in [0.2, 0.25) is 0 Å². The number of nitrogens with two attached hydrogens (primary N) is 1. The Morgan fingerprint density at radius 2 is 2.00 bits per heavy atom. The highest BCUT2D eigenvalue weighted by Gasteiger charge is 2.02. The van der Waals surface area contributed by atoms with Gasteiger partial charge in [-0.25, -0.2) is 9.67 Å². The molecule has 0 aliphatic carbocycles. The molecule has 6 nitrogen and oxygen atoms in total. The van der Waals surface area contributed by atoms with Gasteiger partial charge in [-0.2, -0.15) is 5.10 Å². The van der Waals surface area contributed by atoms with Crippen molar-refractivity contribution in [1.82, 2.24) is 14.8 Å². The van der Waals surface area contributed by atoms with E-state index in [-0.39, 0.29) is 5.84 Å². The van der Waals surface area contributed by atoms with E-state index in [2.05, 4.69) is 10.1 Å². The second-order valence-corrected chi connectivity index (χ2v) is 4.22. The molecule has 0 aliphatic rings. The molecule has 19 heavy (non-hydrogen) atoms. The molecule has 2 aromatic rings. The summed E-state index contributed by atoms with van der Waals surface area (Å²) in [6.07, 6.45) is 0. The van der Waals surface area contributed by atoms with Crippen molar-refractivity contribution in [2.45, 2.75) is 20.4 Å². The summed E-state index contributed by atoms with van der Waals surface area (Å²) in [7, 11) is 0. The lowest BCUT2D eigenvalue weighted by Crippen LogP contribution is -2.12. The minimum Gasteiger partial charge on any atom is -0.492 e. The van der Waals surface area contributed by atoms with E-state index in [0.29, 0.717) is 18.7 Å². The first kappa shape index (κ1) is 13.1. The summed E-state index contributed by atoms with van der Waals surface area (Å²) in [5, 5.41) is 11.6. The molecule has 0 aliphatic heterocycles. The van der Waals surface area contributed by atoms with Crippen LogP contribution in [0, 0.1) is 19.3 Å². The first-order chi connectivity index (χ1) is 9.06. The zero-order chi connectivity index (χ0) is 13.8. The van der Waals surface area contributed by atoms with Crippen molar-refractivity contribution in [1.29, 1.82) is 5.41 Å². The molecule has 0 saturated heterocycles. The number of amidine groups is 1. The number of hydrogen-bond acceptors (Lipinski definition) is 4. The van der Waals surface area contributed by atoms with Crippen molar-refractivity contribution in [3.8, 4) is 5.75 Å². The molecular weight excluding hydrogens is 242 g/mol. The Kier molecular flexibility index (Phi) is 3.79. The molecule has 0 bridgehead atoms. The number of nitrogens with one attached hydrogen (secondary N) is 1. The van der Waals surface area contributed by atoms with Gasteiger partial charge in [0.15, 0.2) is 0 Å². The van der Waals surface area contributed by atoms with E-state index in [0.717, 1.165) is 17.4 Å². The summed E-state index contributed by atoms with van der Waals surface area (Å²) < 4.78 is 7.43. The first-order valence-corrected chi connectivity index (χ1v) is 6.01. The SMILES string of the molecule is Cc1nc(C)n(CCOc2ccc(C(=N)N)cc2)n1. The fraction of sp³-hybridized carbons (Fsp3) is 0.308. The summed E-state index contributed by atoms with van der Waals surface area (Å²) in [6, 6.07) is 7.14. The Labute approximate surface area is 111 Å². The monoisotopic (exact) mass is 259 g/mol. The summed E-state index contributed by atoms with van der Waals surface area (Å²) in [5.41, 5.74) is 6.07. The Morgan fingerprint density at radius 1 is 1.32 bits per heavy atom. The fourth-order valence-electron chi connectivity index (χ4n) is 1.75. The third-order valence-electron chi connectivity index (χ3n) is 2.70. The molecule has 0 unspecified atom stereocenters. The topological polar surface area (TPSA) is 89.8 Å². The van der Waals surface area contributed by atoms with Crippen LogP contribution in [0.1, 0.15) is 17.2 Å². The second-order valence-electron chi connectivity index (χ2n) is 4.22. The number of aromatic nitrogens is 3. The average molecular weight is 259 g/mol. The van der Waals surface area contributed by atoms with Crippen LogP contribution in [-0.2, 0) is 6.54 Å². The van der Waals surface area contributed by atoms with Crippen LogP contribution in [0.2, 0.25) is 0 Å². The third-order valence-corrected chi connectivity index (χ3v) is 2.70. The highest BCUT2D eigenvalue weighted by atomic mass is 16.5. The van der Waals surface area contributed by atoms with Crippen molar-refractivity contribution in [2.75, 3.05) is 6.61 Å². The molecule has 0 saturated carbocycles. The van der Waals surface area contributed by atoms with Crippen molar-refractivity contribution >= 4 is 5.84 Å². The van der Waals surface area contributed by atoms with Gasteiger partial charge < -0.3 is 10.5 Å². The van der Waals surface area contributed by atoms with Crippen LogP contribution in [0.25, 0.3) is 0 Å². The molecule has 1 aromatic heterocycles. The zero-order valence-electron chi connectivity index (χ0n) is 11.1.